The molecule has 0 atom stereocenters. The molecule has 0 amide bonds. The van der Waals surface area contributed by atoms with E-state index in [0.717, 1.165) is 25.4 Å². The summed E-state index contributed by atoms with van der Waals surface area (Å²) < 4.78 is 1.84. The summed E-state index contributed by atoms with van der Waals surface area (Å²) in [5.74, 6) is 1.10. The molecule has 0 aliphatic carbocycles. The Kier molecular flexibility index (Phi) is 5.75. The summed E-state index contributed by atoms with van der Waals surface area (Å²) in [7, 11) is 6.12. The summed E-state index contributed by atoms with van der Waals surface area (Å²) in [4.78, 5) is 3.42. The summed E-state index contributed by atoms with van der Waals surface area (Å²) in [5.41, 5.74) is 0. The number of aromatic nitrogens is 2. The van der Waals surface area contributed by atoms with Gasteiger partial charge < -0.3 is 10.2 Å². The lowest BCUT2D eigenvalue weighted by Gasteiger charge is -2.09. The van der Waals surface area contributed by atoms with E-state index in [2.05, 4.69) is 29.4 Å². The molecule has 0 spiro atoms. The average Bonchev–Trinajstić information content (AvgIpc) is 2.57. The first kappa shape index (κ1) is 12.5. The molecule has 0 radical (unpaired) electrons. The Bertz CT molecular complexity index is 272. The van der Waals surface area contributed by atoms with Crippen LogP contribution in [0.3, 0.4) is 0 Å². The van der Waals surface area contributed by atoms with Crippen LogP contribution in [0.1, 0.15) is 0 Å². The van der Waals surface area contributed by atoms with Gasteiger partial charge >= 0.3 is 0 Å². The fourth-order valence-corrected chi connectivity index (χ4v) is 1.97. The Labute approximate surface area is 96.0 Å². The number of thioether (sulfide) groups is 1. The maximum Gasteiger partial charge on any atom is 0.0625 e. The van der Waals surface area contributed by atoms with Gasteiger partial charge in [0.25, 0.3) is 0 Å². The molecule has 0 saturated carbocycles. The summed E-state index contributed by atoms with van der Waals surface area (Å²) in [6, 6.07) is 0. The van der Waals surface area contributed by atoms with Crippen molar-refractivity contribution in [3.05, 3.63) is 12.4 Å². The predicted molar refractivity (Wildman–Crippen MR) is 65.4 cm³/mol. The Balaban J connectivity index is 1.98. The van der Waals surface area contributed by atoms with Gasteiger partial charge in [-0.25, -0.2) is 0 Å². The number of likely N-dealkylation sites (N-methyl/N-ethyl adjacent to an activating group) is 1. The van der Waals surface area contributed by atoms with E-state index in [1.807, 2.05) is 35.9 Å². The van der Waals surface area contributed by atoms with Crippen LogP contribution in [0.4, 0.5) is 0 Å². The van der Waals surface area contributed by atoms with Crippen molar-refractivity contribution < 1.29 is 0 Å². The monoisotopic (exact) mass is 228 g/mol. The minimum absolute atomic E-state index is 1.05. The largest absolute Gasteiger partial charge is 0.315 e. The third-order valence-corrected chi connectivity index (χ3v) is 2.92. The van der Waals surface area contributed by atoms with Gasteiger partial charge in [0, 0.05) is 43.5 Å². The van der Waals surface area contributed by atoms with Crippen molar-refractivity contribution in [2.45, 2.75) is 4.90 Å². The molecule has 1 aromatic rings. The van der Waals surface area contributed by atoms with Gasteiger partial charge in [0.1, 0.15) is 0 Å². The Morgan fingerprint density at radius 1 is 1.47 bits per heavy atom. The molecule has 1 aromatic heterocycles. The van der Waals surface area contributed by atoms with E-state index in [-0.39, 0.29) is 0 Å². The highest BCUT2D eigenvalue weighted by molar-refractivity contribution is 7.99. The molecule has 0 fully saturated rings. The lowest BCUT2D eigenvalue weighted by molar-refractivity contribution is 0.403. The molecule has 5 heteroatoms. The van der Waals surface area contributed by atoms with E-state index in [1.54, 1.807) is 0 Å². The number of hydrogen-bond acceptors (Lipinski definition) is 4. The van der Waals surface area contributed by atoms with Gasteiger partial charge in [-0.05, 0) is 14.1 Å². The highest BCUT2D eigenvalue weighted by atomic mass is 32.2. The smallest absolute Gasteiger partial charge is 0.0625 e. The zero-order valence-corrected chi connectivity index (χ0v) is 10.5. The Morgan fingerprint density at radius 3 is 2.87 bits per heavy atom. The zero-order valence-electron chi connectivity index (χ0n) is 9.73. The van der Waals surface area contributed by atoms with Gasteiger partial charge in [-0.15, -0.1) is 11.8 Å². The predicted octanol–water partition coefficient (Wildman–Crippen LogP) is 0.663. The second kappa shape index (κ2) is 6.87. The zero-order chi connectivity index (χ0) is 11.1. The number of nitrogens with one attached hydrogen (secondary N) is 1. The van der Waals surface area contributed by atoms with Crippen LogP contribution in [0.5, 0.6) is 0 Å². The van der Waals surface area contributed by atoms with Gasteiger partial charge in [0.05, 0.1) is 6.20 Å². The third-order valence-electron chi connectivity index (χ3n) is 1.96. The van der Waals surface area contributed by atoms with Crippen molar-refractivity contribution in [2.75, 3.05) is 39.5 Å². The highest BCUT2D eigenvalue weighted by Gasteiger charge is 1.96. The van der Waals surface area contributed by atoms with E-state index in [4.69, 9.17) is 0 Å². The van der Waals surface area contributed by atoms with E-state index in [1.165, 1.54) is 4.90 Å². The number of nitrogens with zero attached hydrogens (tertiary/aromatic N) is 3. The molecule has 0 aromatic carbocycles. The van der Waals surface area contributed by atoms with Crippen LogP contribution in [0.15, 0.2) is 17.3 Å². The van der Waals surface area contributed by atoms with Crippen LogP contribution in [-0.4, -0.2) is 54.2 Å². The molecule has 15 heavy (non-hydrogen) atoms. The molecule has 0 unspecified atom stereocenters. The molecular formula is C10H20N4S. The van der Waals surface area contributed by atoms with Crippen molar-refractivity contribution in [2.24, 2.45) is 7.05 Å². The van der Waals surface area contributed by atoms with Gasteiger partial charge in [-0.3, -0.25) is 4.68 Å². The van der Waals surface area contributed by atoms with Crippen LogP contribution < -0.4 is 5.32 Å². The standard InChI is InChI=1S/C10H20N4S/c1-13(2)6-4-11-5-7-15-10-8-12-14(3)9-10/h8-9,11H,4-7H2,1-3H3. The minimum atomic E-state index is 1.05. The fraction of sp³-hybridized carbons (Fsp3) is 0.700. The molecule has 4 nitrogen and oxygen atoms in total. The summed E-state index contributed by atoms with van der Waals surface area (Å²) >= 11 is 1.84. The second-order valence-corrected chi connectivity index (χ2v) is 4.92. The maximum absolute atomic E-state index is 4.12. The molecule has 1 rings (SSSR count). The normalized spacial score (nSPS) is 11.2. The van der Waals surface area contributed by atoms with Gasteiger partial charge in [0.2, 0.25) is 0 Å². The first-order valence-corrected chi connectivity index (χ1v) is 6.14. The number of aryl methyl sites for hydroxylation is 1. The van der Waals surface area contributed by atoms with Crippen molar-refractivity contribution >= 4 is 11.8 Å². The van der Waals surface area contributed by atoms with Crippen molar-refractivity contribution in [1.29, 1.82) is 0 Å². The third kappa shape index (κ3) is 5.81. The van der Waals surface area contributed by atoms with Crippen molar-refractivity contribution in [3.63, 3.8) is 0 Å². The van der Waals surface area contributed by atoms with Crippen LogP contribution in [0.25, 0.3) is 0 Å². The quantitative estimate of drug-likeness (QED) is 0.549. The second-order valence-electron chi connectivity index (χ2n) is 3.75. The van der Waals surface area contributed by atoms with Crippen LogP contribution in [0.2, 0.25) is 0 Å². The molecule has 1 heterocycles. The summed E-state index contributed by atoms with van der Waals surface area (Å²) in [5, 5.41) is 7.53. The SMILES string of the molecule is CN(C)CCNCCSc1cnn(C)c1. The Hall–Kier alpha value is -0.520. The van der Waals surface area contributed by atoms with Gasteiger partial charge in [0.15, 0.2) is 0 Å². The molecule has 0 aliphatic heterocycles. The van der Waals surface area contributed by atoms with E-state index >= 15 is 0 Å². The number of rotatable bonds is 7. The molecule has 1 N–H and O–H groups in total. The topological polar surface area (TPSA) is 33.1 Å². The first-order valence-electron chi connectivity index (χ1n) is 5.15. The van der Waals surface area contributed by atoms with E-state index in [0.29, 0.717) is 0 Å². The number of hydrogen-bond donors (Lipinski definition) is 1. The van der Waals surface area contributed by atoms with Crippen molar-refractivity contribution in [3.8, 4) is 0 Å². The lowest BCUT2D eigenvalue weighted by atomic mass is 10.5. The lowest BCUT2D eigenvalue weighted by Crippen LogP contribution is -2.27. The first-order chi connectivity index (χ1) is 7.18. The average molecular weight is 228 g/mol. The van der Waals surface area contributed by atoms with Gasteiger partial charge in [-0.2, -0.15) is 5.10 Å². The maximum atomic E-state index is 4.12. The fourth-order valence-electron chi connectivity index (χ4n) is 1.14. The summed E-state index contributed by atoms with van der Waals surface area (Å²) in [6.45, 7) is 3.20. The molecule has 0 bridgehead atoms. The molecule has 0 aliphatic rings. The van der Waals surface area contributed by atoms with Gasteiger partial charge in [-0.1, -0.05) is 0 Å². The molecule has 0 saturated heterocycles. The van der Waals surface area contributed by atoms with Crippen LogP contribution in [0, 0.1) is 0 Å². The van der Waals surface area contributed by atoms with E-state index < -0.39 is 0 Å². The highest BCUT2D eigenvalue weighted by Crippen LogP contribution is 2.14. The minimum Gasteiger partial charge on any atom is -0.315 e. The molecular weight excluding hydrogens is 208 g/mol. The van der Waals surface area contributed by atoms with Crippen LogP contribution in [-0.2, 0) is 7.05 Å². The van der Waals surface area contributed by atoms with Crippen molar-refractivity contribution in [1.82, 2.24) is 20.0 Å². The van der Waals surface area contributed by atoms with Crippen LogP contribution >= 0.6 is 11.8 Å². The van der Waals surface area contributed by atoms with E-state index in [9.17, 15) is 0 Å². The Morgan fingerprint density at radius 2 is 2.27 bits per heavy atom. The molecule has 86 valence electrons. The summed E-state index contributed by atoms with van der Waals surface area (Å²) in [6.07, 6.45) is 3.95.